The average Bonchev–Trinajstić information content (AvgIpc) is 3.16. The second-order valence-corrected chi connectivity index (χ2v) is 6.32. The second kappa shape index (κ2) is 5.52. The molecule has 0 aromatic carbocycles. The normalized spacial score (nSPS) is 24.7. The van der Waals surface area contributed by atoms with Gasteiger partial charge in [0.2, 0.25) is 0 Å². The molecule has 2 aromatic heterocycles. The Hall–Kier alpha value is -1.66. The first-order valence-corrected chi connectivity index (χ1v) is 8.02. The van der Waals surface area contributed by atoms with E-state index in [-0.39, 0.29) is 5.60 Å². The van der Waals surface area contributed by atoms with Crippen LogP contribution in [0.3, 0.4) is 0 Å². The lowest BCUT2D eigenvalue weighted by atomic mass is 9.84. The monoisotopic (exact) mass is 302 g/mol. The van der Waals surface area contributed by atoms with E-state index in [4.69, 9.17) is 9.47 Å². The summed E-state index contributed by atoms with van der Waals surface area (Å²) in [6, 6.07) is 0.417. The number of hydrogen-bond acceptors (Lipinski definition) is 4. The Bertz CT molecular complexity index is 637. The summed E-state index contributed by atoms with van der Waals surface area (Å²) >= 11 is 0. The van der Waals surface area contributed by atoms with Crippen molar-refractivity contribution in [3.05, 3.63) is 24.4 Å². The van der Waals surface area contributed by atoms with Gasteiger partial charge in [-0.3, -0.25) is 0 Å². The zero-order valence-corrected chi connectivity index (χ0v) is 12.9. The molecule has 1 atom stereocenters. The minimum atomic E-state index is -0.0106. The molecule has 1 unspecified atom stereocenters. The Balaban J connectivity index is 1.62. The van der Waals surface area contributed by atoms with Crippen LogP contribution in [-0.4, -0.2) is 44.9 Å². The Morgan fingerprint density at radius 1 is 1.27 bits per heavy atom. The Labute approximate surface area is 129 Å². The van der Waals surface area contributed by atoms with Crippen molar-refractivity contribution in [2.24, 2.45) is 0 Å². The van der Waals surface area contributed by atoms with Gasteiger partial charge in [-0.25, -0.2) is 9.97 Å². The molecule has 0 bridgehead atoms. The van der Waals surface area contributed by atoms with Gasteiger partial charge >= 0.3 is 0 Å². The highest BCUT2D eigenvalue weighted by molar-refractivity contribution is 5.53. The third-order valence-corrected chi connectivity index (χ3v) is 4.97. The van der Waals surface area contributed by atoms with Crippen molar-refractivity contribution in [2.75, 3.05) is 19.8 Å². The molecule has 6 heteroatoms. The summed E-state index contributed by atoms with van der Waals surface area (Å²) in [5.74, 6) is 0.952. The molecule has 2 aromatic rings. The molecule has 2 fully saturated rings. The van der Waals surface area contributed by atoms with Crippen molar-refractivity contribution in [3.63, 3.8) is 0 Å². The van der Waals surface area contributed by atoms with Crippen LogP contribution in [0, 0.1) is 6.92 Å². The van der Waals surface area contributed by atoms with Crippen molar-refractivity contribution >= 4 is 0 Å². The number of nitrogens with zero attached hydrogens (tertiary/aromatic N) is 3. The maximum atomic E-state index is 6.15. The summed E-state index contributed by atoms with van der Waals surface area (Å²) in [6.07, 6.45) is 9.72. The quantitative estimate of drug-likeness (QED) is 0.925. The van der Waals surface area contributed by atoms with E-state index >= 15 is 0 Å². The Kier molecular flexibility index (Phi) is 3.50. The molecule has 118 valence electrons. The van der Waals surface area contributed by atoms with Crippen molar-refractivity contribution < 1.29 is 9.47 Å². The maximum Gasteiger partial charge on any atom is 0.160 e. The zero-order valence-electron chi connectivity index (χ0n) is 12.9. The van der Waals surface area contributed by atoms with Crippen LogP contribution in [0.2, 0.25) is 0 Å². The average molecular weight is 302 g/mol. The van der Waals surface area contributed by atoms with E-state index in [1.54, 1.807) is 6.33 Å². The molecule has 4 rings (SSSR count). The molecule has 1 N–H and O–H groups in total. The SMILES string of the molecule is Cc1[nH]cnc1-c1nccn1C1CCOC2(CCOCC2)C1. The minimum Gasteiger partial charge on any atom is -0.381 e. The predicted octanol–water partition coefficient (Wildman–Crippen LogP) is 2.48. The van der Waals surface area contributed by atoms with Crippen LogP contribution >= 0.6 is 0 Å². The van der Waals surface area contributed by atoms with E-state index < -0.39 is 0 Å². The predicted molar refractivity (Wildman–Crippen MR) is 81.6 cm³/mol. The number of aromatic nitrogens is 4. The van der Waals surface area contributed by atoms with Gasteiger partial charge < -0.3 is 19.0 Å². The summed E-state index contributed by atoms with van der Waals surface area (Å²) in [7, 11) is 0. The van der Waals surface area contributed by atoms with E-state index in [9.17, 15) is 0 Å². The number of aromatic amines is 1. The smallest absolute Gasteiger partial charge is 0.160 e. The van der Waals surface area contributed by atoms with Crippen LogP contribution in [0.4, 0.5) is 0 Å². The molecule has 4 heterocycles. The number of hydrogen-bond donors (Lipinski definition) is 1. The molecule has 0 aliphatic carbocycles. The lowest BCUT2D eigenvalue weighted by Crippen LogP contribution is -2.44. The van der Waals surface area contributed by atoms with Gasteiger partial charge in [-0.05, 0) is 32.6 Å². The van der Waals surface area contributed by atoms with E-state index in [2.05, 4.69) is 25.7 Å². The highest BCUT2D eigenvalue weighted by Gasteiger charge is 2.40. The van der Waals surface area contributed by atoms with Crippen LogP contribution in [0.15, 0.2) is 18.7 Å². The Morgan fingerprint density at radius 2 is 2.14 bits per heavy atom. The van der Waals surface area contributed by atoms with E-state index in [0.29, 0.717) is 6.04 Å². The lowest BCUT2D eigenvalue weighted by Gasteiger charge is -2.43. The molecule has 0 saturated carbocycles. The van der Waals surface area contributed by atoms with Gasteiger partial charge in [0.05, 0.1) is 11.9 Å². The summed E-state index contributed by atoms with van der Waals surface area (Å²) in [4.78, 5) is 12.1. The fourth-order valence-corrected chi connectivity index (χ4v) is 3.71. The molecule has 0 radical (unpaired) electrons. The molecule has 6 nitrogen and oxygen atoms in total. The molecule has 2 saturated heterocycles. The fraction of sp³-hybridized carbons (Fsp3) is 0.625. The Morgan fingerprint density at radius 3 is 2.91 bits per heavy atom. The van der Waals surface area contributed by atoms with Gasteiger partial charge in [-0.15, -0.1) is 0 Å². The van der Waals surface area contributed by atoms with Gasteiger partial charge in [0, 0.05) is 44.0 Å². The lowest BCUT2D eigenvalue weighted by molar-refractivity contribution is -0.144. The fourth-order valence-electron chi connectivity index (χ4n) is 3.71. The van der Waals surface area contributed by atoms with Crippen molar-refractivity contribution in [2.45, 2.75) is 44.2 Å². The van der Waals surface area contributed by atoms with Crippen LogP contribution < -0.4 is 0 Å². The third-order valence-electron chi connectivity index (χ3n) is 4.97. The highest BCUT2D eigenvalue weighted by atomic mass is 16.5. The van der Waals surface area contributed by atoms with Crippen molar-refractivity contribution in [1.82, 2.24) is 19.5 Å². The number of aryl methyl sites for hydroxylation is 1. The van der Waals surface area contributed by atoms with E-state index in [1.807, 2.05) is 13.1 Å². The number of ether oxygens (including phenoxy) is 2. The second-order valence-electron chi connectivity index (χ2n) is 6.32. The summed E-state index contributed by atoms with van der Waals surface area (Å²) in [5, 5.41) is 0. The van der Waals surface area contributed by atoms with Crippen LogP contribution in [-0.2, 0) is 9.47 Å². The van der Waals surface area contributed by atoms with Crippen LogP contribution in [0.5, 0.6) is 0 Å². The van der Waals surface area contributed by atoms with Gasteiger partial charge in [-0.2, -0.15) is 0 Å². The number of nitrogens with one attached hydrogen (secondary N) is 1. The molecule has 0 amide bonds. The first kappa shape index (κ1) is 14.0. The van der Waals surface area contributed by atoms with E-state index in [0.717, 1.165) is 62.7 Å². The number of rotatable bonds is 2. The van der Waals surface area contributed by atoms with Crippen LogP contribution in [0.1, 0.15) is 37.4 Å². The van der Waals surface area contributed by atoms with Gasteiger partial charge in [0.15, 0.2) is 5.82 Å². The zero-order chi connectivity index (χ0) is 15.0. The van der Waals surface area contributed by atoms with Gasteiger partial charge in [-0.1, -0.05) is 0 Å². The maximum absolute atomic E-state index is 6.15. The summed E-state index contributed by atoms with van der Waals surface area (Å²) < 4.78 is 13.9. The van der Waals surface area contributed by atoms with Crippen molar-refractivity contribution in [1.29, 1.82) is 0 Å². The molecular weight excluding hydrogens is 280 g/mol. The van der Waals surface area contributed by atoms with Gasteiger partial charge in [0.1, 0.15) is 5.69 Å². The topological polar surface area (TPSA) is 65.0 Å². The molecular formula is C16H22N4O2. The molecule has 2 aliphatic heterocycles. The summed E-state index contributed by atoms with van der Waals surface area (Å²) in [6.45, 7) is 4.46. The third kappa shape index (κ3) is 2.36. The first-order chi connectivity index (χ1) is 10.8. The van der Waals surface area contributed by atoms with Crippen LogP contribution in [0.25, 0.3) is 11.5 Å². The first-order valence-electron chi connectivity index (χ1n) is 8.02. The molecule has 2 aliphatic rings. The van der Waals surface area contributed by atoms with Crippen molar-refractivity contribution in [3.8, 4) is 11.5 Å². The van der Waals surface area contributed by atoms with Gasteiger partial charge in [0.25, 0.3) is 0 Å². The minimum absolute atomic E-state index is 0.0106. The highest BCUT2D eigenvalue weighted by Crippen LogP contribution is 2.40. The number of H-pyrrole nitrogens is 1. The number of imidazole rings is 2. The largest absolute Gasteiger partial charge is 0.381 e. The summed E-state index contributed by atoms with van der Waals surface area (Å²) in [5.41, 5.74) is 1.99. The van der Waals surface area contributed by atoms with E-state index in [1.165, 1.54) is 0 Å². The standard InChI is InChI=1S/C16H22N4O2/c1-12-14(19-11-18-12)15-17-5-6-20(15)13-2-7-22-16(10-13)3-8-21-9-4-16/h5-6,11,13H,2-4,7-10H2,1H3,(H,18,19). The molecule has 22 heavy (non-hydrogen) atoms. The molecule has 1 spiro atoms.